The predicted molar refractivity (Wildman–Crippen MR) is 72.7 cm³/mol. The number of esters is 1. The molecule has 1 fully saturated rings. The van der Waals surface area contributed by atoms with Gasteiger partial charge in [-0.1, -0.05) is 13.8 Å². The van der Waals surface area contributed by atoms with E-state index in [1.165, 1.54) is 7.11 Å². The molecule has 0 N–H and O–H groups in total. The predicted octanol–water partition coefficient (Wildman–Crippen LogP) is 2.59. The van der Waals surface area contributed by atoms with E-state index < -0.39 is 0 Å². The second kappa shape index (κ2) is 7.04. The highest BCUT2D eigenvalue weighted by molar-refractivity contribution is 5.87. The Balaban J connectivity index is 2.82. The molecule has 1 aliphatic heterocycles. The summed E-state index contributed by atoms with van der Waals surface area (Å²) in [5, 5.41) is 0. The van der Waals surface area contributed by atoms with Crippen LogP contribution in [0.3, 0.4) is 0 Å². The number of methoxy groups -OCH3 is 1. The first-order valence-electron chi connectivity index (χ1n) is 7.11. The van der Waals surface area contributed by atoms with Crippen molar-refractivity contribution in [3.8, 4) is 0 Å². The number of rotatable bonds is 5. The molecule has 4 nitrogen and oxygen atoms in total. The van der Waals surface area contributed by atoms with Gasteiger partial charge in [-0.3, -0.25) is 9.59 Å². The standard InChI is InChI=1S/C15H26O4/c1-9(2)15(17)13(8-14(16)18-5)12-6-10(3)19-11(4)7-12/h9-13H,6-8H2,1-5H3/t10-,11-,13+/m1/s1. The lowest BCUT2D eigenvalue weighted by Gasteiger charge is -2.36. The Hall–Kier alpha value is -0.900. The summed E-state index contributed by atoms with van der Waals surface area (Å²) >= 11 is 0. The molecule has 3 atom stereocenters. The lowest BCUT2D eigenvalue weighted by Crippen LogP contribution is -2.38. The van der Waals surface area contributed by atoms with Crippen molar-refractivity contribution in [3.63, 3.8) is 0 Å². The second-order valence-electron chi connectivity index (χ2n) is 5.93. The van der Waals surface area contributed by atoms with E-state index in [2.05, 4.69) is 0 Å². The molecule has 0 aromatic carbocycles. The molecule has 0 bridgehead atoms. The molecule has 0 aliphatic carbocycles. The third kappa shape index (κ3) is 4.60. The number of carbonyl (C=O) groups excluding carboxylic acids is 2. The zero-order valence-corrected chi connectivity index (χ0v) is 12.6. The van der Waals surface area contributed by atoms with E-state index in [1.807, 2.05) is 27.7 Å². The maximum absolute atomic E-state index is 12.4. The van der Waals surface area contributed by atoms with Crippen LogP contribution in [-0.2, 0) is 19.1 Å². The van der Waals surface area contributed by atoms with Crippen molar-refractivity contribution in [1.82, 2.24) is 0 Å². The van der Waals surface area contributed by atoms with Crippen molar-refractivity contribution in [2.75, 3.05) is 7.11 Å². The van der Waals surface area contributed by atoms with Crippen LogP contribution in [0.5, 0.6) is 0 Å². The van der Waals surface area contributed by atoms with E-state index in [1.54, 1.807) is 0 Å². The summed E-state index contributed by atoms with van der Waals surface area (Å²) in [6.45, 7) is 7.83. The number of hydrogen-bond donors (Lipinski definition) is 0. The van der Waals surface area contributed by atoms with E-state index in [0.717, 1.165) is 12.8 Å². The molecule has 1 saturated heterocycles. The lowest BCUT2D eigenvalue weighted by molar-refractivity contribution is -0.147. The highest BCUT2D eigenvalue weighted by Crippen LogP contribution is 2.34. The molecule has 110 valence electrons. The van der Waals surface area contributed by atoms with Crippen molar-refractivity contribution < 1.29 is 19.1 Å². The van der Waals surface area contributed by atoms with E-state index in [4.69, 9.17) is 9.47 Å². The summed E-state index contributed by atoms with van der Waals surface area (Å²) in [7, 11) is 1.37. The van der Waals surface area contributed by atoms with Crippen LogP contribution in [0.25, 0.3) is 0 Å². The first-order valence-corrected chi connectivity index (χ1v) is 7.11. The van der Waals surface area contributed by atoms with Gasteiger partial charge in [-0.15, -0.1) is 0 Å². The third-order valence-electron chi connectivity index (χ3n) is 3.85. The molecule has 0 radical (unpaired) electrons. The Morgan fingerprint density at radius 3 is 2.16 bits per heavy atom. The topological polar surface area (TPSA) is 52.6 Å². The van der Waals surface area contributed by atoms with Crippen molar-refractivity contribution in [3.05, 3.63) is 0 Å². The van der Waals surface area contributed by atoms with Crippen molar-refractivity contribution in [1.29, 1.82) is 0 Å². The van der Waals surface area contributed by atoms with Crippen LogP contribution in [0.1, 0.15) is 47.0 Å². The molecule has 1 aliphatic rings. The normalized spacial score (nSPS) is 29.1. The van der Waals surface area contributed by atoms with Crippen LogP contribution in [-0.4, -0.2) is 31.1 Å². The van der Waals surface area contributed by atoms with Crippen molar-refractivity contribution in [2.24, 2.45) is 17.8 Å². The van der Waals surface area contributed by atoms with E-state index in [9.17, 15) is 9.59 Å². The van der Waals surface area contributed by atoms with Crippen molar-refractivity contribution in [2.45, 2.75) is 59.2 Å². The third-order valence-corrected chi connectivity index (χ3v) is 3.85. The van der Waals surface area contributed by atoms with Crippen LogP contribution in [0.4, 0.5) is 0 Å². The van der Waals surface area contributed by atoms with Crippen LogP contribution in [0.15, 0.2) is 0 Å². The first kappa shape index (κ1) is 16.2. The molecular formula is C15H26O4. The Morgan fingerprint density at radius 1 is 1.21 bits per heavy atom. The number of ether oxygens (including phenoxy) is 2. The molecule has 4 heteroatoms. The smallest absolute Gasteiger partial charge is 0.306 e. The number of hydrogen-bond acceptors (Lipinski definition) is 4. The van der Waals surface area contributed by atoms with Gasteiger partial charge in [0.15, 0.2) is 0 Å². The Labute approximate surface area is 115 Å². The zero-order valence-electron chi connectivity index (χ0n) is 12.6. The number of carbonyl (C=O) groups is 2. The molecule has 0 spiro atoms. The maximum atomic E-state index is 12.4. The van der Waals surface area contributed by atoms with Gasteiger partial charge in [0.2, 0.25) is 0 Å². The highest BCUT2D eigenvalue weighted by Gasteiger charge is 2.36. The number of ketones is 1. The number of Topliss-reactive ketones (excluding diaryl/α,β-unsaturated/α-hetero) is 1. The van der Waals surface area contributed by atoms with E-state index >= 15 is 0 Å². The zero-order chi connectivity index (χ0) is 14.6. The average molecular weight is 270 g/mol. The maximum Gasteiger partial charge on any atom is 0.306 e. The minimum Gasteiger partial charge on any atom is -0.469 e. The summed E-state index contributed by atoms with van der Waals surface area (Å²) in [4.78, 5) is 23.9. The fraction of sp³-hybridized carbons (Fsp3) is 0.867. The molecule has 19 heavy (non-hydrogen) atoms. The Morgan fingerprint density at radius 2 is 1.74 bits per heavy atom. The molecule has 0 aromatic rings. The Bertz CT molecular complexity index is 314. The lowest BCUT2D eigenvalue weighted by atomic mass is 9.75. The van der Waals surface area contributed by atoms with Gasteiger partial charge in [0, 0.05) is 11.8 Å². The molecule has 0 unspecified atom stereocenters. The van der Waals surface area contributed by atoms with Gasteiger partial charge in [-0.25, -0.2) is 0 Å². The first-order chi connectivity index (χ1) is 8.85. The summed E-state index contributed by atoms with van der Waals surface area (Å²) in [5.41, 5.74) is 0. The van der Waals surface area contributed by atoms with Gasteiger partial charge in [0.05, 0.1) is 25.7 Å². The van der Waals surface area contributed by atoms with Gasteiger partial charge in [-0.05, 0) is 32.6 Å². The largest absolute Gasteiger partial charge is 0.469 e. The van der Waals surface area contributed by atoms with E-state index in [-0.39, 0.29) is 48.1 Å². The van der Waals surface area contributed by atoms with Crippen molar-refractivity contribution >= 4 is 11.8 Å². The second-order valence-corrected chi connectivity index (χ2v) is 5.93. The summed E-state index contributed by atoms with van der Waals surface area (Å²) in [5.74, 6) is -0.209. The minimum absolute atomic E-state index is 0.0527. The Kier molecular flexibility index (Phi) is 5.98. The SMILES string of the molecule is COC(=O)C[C@H](C(=O)C(C)C)C1C[C@@H](C)O[C@H](C)C1. The molecule has 0 saturated carbocycles. The molecule has 1 rings (SSSR count). The molecule has 1 heterocycles. The van der Waals surface area contributed by atoms with E-state index in [0.29, 0.717) is 0 Å². The summed E-state index contributed by atoms with van der Waals surface area (Å²) in [6.07, 6.45) is 2.16. The quantitative estimate of drug-likeness (QED) is 0.721. The highest BCUT2D eigenvalue weighted by atomic mass is 16.5. The van der Waals surface area contributed by atoms with Crippen LogP contribution in [0.2, 0.25) is 0 Å². The monoisotopic (exact) mass is 270 g/mol. The van der Waals surface area contributed by atoms with Gasteiger partial charge in [-0.2, -0.15) is 0 Å². The fourth-order valence-corrected chi connectivity index (χ4v) is 2.98. The van der Waals surface area contributed by atoms with Crippen LogP contribution in [0, 0.1) is 17.8 Å². The molecular weight excluding hydrogens is 244 g/mol. The van der Waals surface area contributed by atoms with Crippen LogP contribution < -0.4 is 0 Å². The molecule has 0 aromatic heterocycles. The van der Waals surface area contributed by atoms with Gasteiger partial charge < -0.3 is 9.47 Å². The fourth-order valence-electron chi connectivity index (χ4n) is 2.98. The summed E-state index contributed by atoms with van der Waals surface area (Å²) < 4.78 is 10.4. The van der Waals surface area contributed by atoms with Gasteiger partial charge >= 0.3 is 5.97 Å². The average Bonchev–Trinajstić information content (AvgIpc) is 2.33. The minimum atomic E-state index is -0.300. The van der Waals surface area contributed by atoms with Crippen LogP contribution >= 0.6 is 0 Å². The van der Waals surface area contributed by atoms with Gasteiger partial charge in [0.25, 0.3) is 0 Å². The molecule has 0 amide bonds. The summed E-state index contributed by atoms with van der Waals surface area (Å²) in [6, 6.07) is 0. The van der Waals surface area contributed by atoms with Gasteiger partial charge in [0.1, 0.15) is 5.78 Å².